The lowest BCUT2D eigenvalue weighted by atomic mass is 10.3. The first-order chi connectivity index (χ1) is 6.63. The summed E-state index contributed by atoms with van der Waals surface area (Å²) in [6, 6.07) is 6.39. The molecule has 0 fully saturated rings. The van der Waals surface area contributed by atoms with Crippen molar-refractivity contribution in [2.75, 3.05) is 0 Å². The minimum atomic E-state index is -0.845. The summed E-state index contributed by atoms with van der Waals surface area (Å²) in [5, 5.41) is 9.06. The normalized spacial score (nSPS) is 11.1. The van der Waals surface area contributed by atoms with Gasteiger partial charge < -0.3 is 5.73 Å². The maximum absolute atomic E-state index is 10.6. The molecule has 0 atom stereocenters. The van der Waals surface area contributed by atoms with Crippen molar-refractivity contribution in [3.63, 3.8) is 0 Å². The number of amidine groups is 1. The summed E-state index contributed by atoms with van der Waals surface area (Å²) in [5.74, 6) is -1.17. The Kier molecular flexibility index (Phi) is 3.44. The lowest BCUT2D eigenvalue weighted by molar-refractivity contribution is -0.112. The van der Waals surface area contributed by atoms with Gasteiger partial charge in [-0.05, 0) is 24.3 Å². The van der Waals surface area contributed by atoms with Crippen molar-refractivity contribution in [2.24, 2.45) is 10.7 Å². The summed E-state index contributed by atoms with van der Waals surface area (Å²) < 4.78 is 0. The summed E-state index contributed by atoms with van der Waals surface area (Å²) in [6.07, 6.45) is 0. The number of aliphatic imine (C=N–C) groups is 1. The van der Waals surface area contributed by atoms with E-state index in [1.54, 1.807) is 29.7 Å². The Morgan fingerprint density at radius 3 is 2.43 bits per heavy atom. The molecule has 0 saturated carbocycles. The molecule has 0 saturated heterocycles. The van der Waals surface area contributed by atoms with Crippen LogP contribution in [0.15, 0.2) is 29.3 Å². The smallest absolute Gasteiger partial charge is 0.286 e. The van der Waals surface area contributed by atoms with Crippen molar-refractivity contribution in [1.82, 2.24) is 5.48 Å². The predicted octanol–water partition coefficient (Wildman–Crippen LogP) is 0.834. The van der Waals surface area contributed by atoms with Crippen molar-refractivity contribution in [3.05, 3.63) is 29.3 Å². The van der Waals surface area contributed by atoms with Gasteiger partial charge in [-0.1, -0.05) is 11.6 Å². The molecule has 6 heteroatoms. The Morgan fingerprint density at radius 1 is 1.43 bits per heavy atom. The number of carbonyl (C=O) groups excluding carboxylic acids is 1. The molecule has 0 aromatic heterocycles. The van der Waals surface area contributed by atoms with Gasteiger partial charge in [0.25, 0.3) is 5.91 Å². The van der Waals surface area contributed by atoms with E-state index < -0.39 is 5.91 Å². The molecule has 0 bridgehead atoms. The van der Waals surface area contributed by atoms with Gasteiger partial charge in [0.2, 0.25) is 5.84 Å². The van der Waals surface area contributed by atoms with Crippen LogP contribution in [0.2, 0.25) is 5.02 Å². The van der Waals surface area contributed by atoms with Crippen LogP contribution >= 0.6 is 11.6 Å². The zero-order chi connectivity index (χ0) is 10.6. The third-order valence-electron chi connectivity index (χ3n) is 1.41. The Balaban J connectivity index is 2.95. The van der Waals surface area contributed by atoms with E-state index in [1.165, 1.54) is 0 Å². The number of hydrogen-bond donors (Lipinski definition) is 3. The number of halogens is 1. The number of benzene rings is 1. The molecule has 4 N–H and O–H groups in total. The molecule has 0 aliphatic heterocycles. The molecule has 5 nitrogen and oxygen atoms in total. The summed E-state index contributed by atoms with van der Waals surface area (Å²) >= 11 is 5.64. The second-order valence-electron chi connectivity index (χ2n) is 2.41. The van der Waals surface area contributed by atoms with Crippen LogP contribution in [0.3, 0.4) is 0 Å². The first kappa shape index (κ1) is 10.5. The molecular formula is C8H8ClN3O2. The van der Waals surface area contributed by atoms with Crippen molar-refractivity contribution >= 4 is 29.0 Å². The van der Waals surface area contributed by atoms with Gasteiger partial charge in [-0.25, -0.2) is 10.5 Å². The van der Waals surface area contributed by atoms with Gasteiger partial charge >= 0.3 is 0 Å². The van der Waals surface area contributed by atoms with E-state index in [-0.39, 0.29) is 5.84 Å². The average Bonchev–Trinajstić information content (AvgIpc) is 2.16. The standard InChI is InChI=1S/C8H8ClN3O2/c9-5-1-3-6(4-2-5)11-8(12-14)7(10)13/h1-4,14H,(H2,10,13)(H,11,12). The average molecular weight is 214 g/mol. The van der Waals surface area contributed by atoms with E-state index in [0.29, 0.717) is 10.7 Å². The third-order valence-corrected chi connectivity index (χ3v) is 1.66. The van der Waals surface area contributed by atoms with E-state index in [4.69, 9.17) is 22.5 Å². The van der Waals surface area contributed by atoms with Gasteiger partial charge in [0.05, 0.1) is 5.69 Å². The van der Waals surface area contributed by atoms with Gasteiger partial charge in [0.15, 0.2) is 0 Å². The predicted molar refractivity (Wildman–Crippen MR) is 52.7 cm³/mol. The van der Waals surface area contributed by atoms with Crippen LogP contribution in [0.1, 0.15) is 0 Å². The zero-order valence-electron chi connectivity index (χ0n) is 7.07. The van der Waals surface area contributed by atoms with Crippen molar-refractivity contribution in [1.29, 1.82) is 0 Å². The fraction of sp³-hybridized carbons (Fsp3) is 0. The lowest BCUT2D eigenvalue weighted by Gasteiger charge is -1.99. The Bertz CT molecular complexity index is 361. The van der Waals surface area contributed by atoms with E-state index in [0.717, 1.165) is 0 Å². The number of amides is 1. The number of nitrogens with one attached hydrogen (secondary N) is 1. The van der Waals surface area contributed by atoms with Crippen LogP contribution in [0, 0.1) is 0 Å². The summed E-state index contributed by atoms with van der Waals surface area (Å²) in [7, 11) is 0. The van der Waals surface area contributed by atoms with Crippen LogP contribution in [0.25, 0.3) is 0 Å². The molecule has 0 spiro atoms. The molecule has 0 unspecified atom stereocenters. The Hall–Kier alpha value is -1.59. The molecule has 0 radical (unpaired) electrons. The number of primary amides is 1. The maximum Gasteiger partial charge on any atom is 0.286 e. The number of nitrogens with two attached hydrogens (primary N) is 1. The molecule has 1 amide bonds. The summed E-state index contributed by atoms with van der Waals surface area (Å²) in [5.41, 5.74) is 6.98. The van der Waals surface area contributed by atoms with Crippen LogP contribution in [0.4, 0.5) is 5.69 Å². The van der Waals surface area contributed by atoms with Crippen LogP contribution < -0.4 is 11.2 Å². The lowest BCUT2D eigenvalue weighted by Crippen LogP contribution is -2.33. The van der Waals surface area contributed by atoms with E-state index in [1.807, 2.05) is 0 Å². The number of nitrogens with zero attached hydrogens (tertiary/aromatic N) is 1. The molecule has 14 heavy (non-hydrogen) atoms. The van der Waals surface area contributed by atoms with Crippen LogP contribution in [-0.4, -0.2) is 17.0 Å². The number of hydrogen-bond acceptors (Lipinski definition) is 3. The molecule has 0 aliphatic carbocycles. The largest absolute Gasteiger partial charge is 0.363 e. The van der Waals surface area contributed by atoms with Crippen molar-refractivity contribution in [3.8, 4) is 0 Å². The molecule has 1 aromatic carbocycles. The molecule has 0 heterocycles. The minimum Gasteiger partial charge on any atom is -0.363 e. The minimum absolute atomic E-state index is 0.327. The summed E-state index contributed by atoms with van der Waals surface area (Å²) in [4.78, 5) is 14.4. The maximum atomic E-state index is 10.6. The quantitative estimate of drug-likeness (QED) is 0.367. The fourth-order valence-electron chi connectivity index (χ4n) is 0.780. The van der Waals surface area contributed by atoms with Crippen molar-refractivity contribution < 1.29 is 10.0 Å². The highest BCUT2D eigenvalue weighted by molar-refractivity contribution is 6.37. The molecule has 1 rings (SSSR count). The molecular weight excluding hydrogens is 206 g/mol. The van der Waals surface area contributed by atoms with Crippen molar-refractivity contribution in [2.45, 2.75) is 0 Å². The van der Waals surface area contributed by atoms with Gasteiger partial charge in [-0.3, -0.25) is 10.0 Å². The monoisotopic (exact) mass is 213 g/mol. The summed E-state index contributed by atoms with van der Waals surface area (Å²) in [6.45, 7) is 0. The van der Waals surface area contributed by atoms with Crippen LogP contribution in [-0.2, 0) is 4.79 Å². The van der Waals surface area contributed by atoms with E-state index >= 15 is 0 Å². The molecule has 0 aliphatic rings. The highest BCUT2D eigenvalue weighted by atomic mass is 35.5. The second kappa shape index (κ2) is 4.59. The molecule has 74 valence electrons. The van der Waals surface area contributed by atoms with Gasteiger partial charge in [0.1, 0.15) is 0 Å². The number of hydroxylamine groups is 1. The Labute approximate surface area is 85.2 Å². The fourth-order valence-corrected chi connectivity index (χ4v) is 0.906. The van der Waals surface area contributed by atoms with E-state index in [9.17, 15) is 4.79 Å². The Morgan fingerprint density at radius 2 is 2.00 bits per heavy atom. The first-order valence-electron chi connectivity index (χ1n) is 3.67. The van der Waals surface area contributed by atoms with Gasteiger partial charge in [-0.2, -0.15) is 0 Å². The topological polar surface area (TPSA) is 87.7 Å². The highest BCUT2D eigenvalue weighted by Gasteiger charge is 2.04. The zero-order valence-corrected chi connectivity index (χ0v) is 7.82. The van der Waals surface area contributed by atoms with Crippen LogP contribution in [0.5, 0.6) is 0 Å². The van der Waals surface area contributed by atoms with E-state index in [2.05, 4.69) is 4.99 Å². The second-order valence-corrected chi connectivity index (χ2v) is 2.85. The van der Waals surface area contributed by atoms with Gasteiger partial charge in [0, 0.05) is 5.02 Å². The number of rotatable bonds is 1. The highest BCUT2D eigenvalue weighted by Crippen LogP contribution is 2.15. The first-order valence-corrected chi connectivity index (χ1v) is 4.05. The third kappa shape index (κ3) is 2.72. The number of carbonyl (C=O) groups is 1. The SMILES string of the molecule is NC(=O)C(=Nc1ccc(Cl)cc1)NO. The van der Waals surface area contributed by atoms with Gasteiger partial charge in [-0.15, -0.1) is 0 Å². The molecule has 1 aromatic rings.